The molecule has 110 valence electrons. The van der Waals surface area contributed by atoms with Crippen LogP contribution in [0.2, 0.25) is 16.6 Å². The molecule has 0 saturated carbocycles. The number of rotatable bonds is 6. The first-order valence-electron chi connectivity index (χ1n) is 6.65. The minimum absolute atomic E-state index is 0.261. The number of aliphatic carboxylic acids is 1. The zero-order chi connectivity index (χ0) is 15.4. The van der Waals surface area contributed by atoms with Crippen LogP contribution in [0.15, 0.2) is 11.3 Å². The number of hydrogen-bond donors (Lipinski definition) is 1. The fraction of sp³-hybridized carbons (Fsp3) is 0.714. The molecule has 19 heavy (non-hydrogen) atoms. The highest BCUT2D eigenvalue weighted by Crippen LogP contribution is 2.46. The average Bonchev–Trinajstić information content (AvgIpc) is 2.25. The van der Waals surface area contributed by atoms with Gasteiger partial charge in [0, 0.05) is 11.3 Å². The topological polar surface area (TPSA) is 63.6 Å². The van der Waals surface area contributed by atoms with Gasteiger partial charge in [-0.3, -0.25) is 0 Å². The number of ether oxygens (including phenoxy) is 1. The molecule has 0 bridgehead atoms. The van der Waals surface area contributed by atoms with Gasteiger partial charge >= 0.3 is 11.9 Å². The van der Waals surface area contributed by atoms with Crippen molar-refractivity contribution in [1.82, 2.24) is 0 Å². The van der Waals surface area contributed by atoms with E-state index in [0.717, 1.165) is 6.08 Å². The molecule has 0 aliphatic heterocycles. The van der Waals surface area contributed by atoms with E-state index in [0.29, 0.717) is 5.20 Å². The van der Waals surface area contributed by atoms with Gasteiger partial charge in [0.25, 0.3) is 0 Å². The Hall–Kier alpha value is -1.10. The highest BCUT2D eigenvalue weighted by Gasteiger charge is 2.49. The van der Waals surface area contributed by atoms with Gasteiger partial charge in [0.1, 0.15) is 8.07 Å². The zero-order valence-electron chi connectivity index (χ0n) is 13.0. The SMILES string of the molecule is COC(=O)/C(=C\C(=O)O)[Si](C(C)C)(C(C)C)C(C)C. The second kappa shape index (κ2) is 6.89. The number of carboxylic acids is 1. The molecule has 1 N–H and O–H groups in total. The van der Waals surface area contributed by atoms with Gasteiger partial charge in [0.15, 0.2) is 0 Å². The number of carboxylic acid groups (broad SMARTS) is 1. The summed E-state index contributed by atoms with van der Waals surface area (Å²) in [7, 11) is -0.994. The summed E-state index contributed by atoms with van der Waals surface area (Å²) in [6.07, 6.45) is 1.07. The van der Waals surface area contributed by atoms with E-state index in [2.05, 4.69) is 41.5 Å². The van der Waals surface area contributed by atoms with Crippen LogP contribution in [0.4, 0.5) is 0 Å². The first-order valence-corrected chi connectivity index (χ1v) is 8.88. The van der Waals surface area contributed by atoms with Gasteiger partial charge in [0.05, 0.1) is 7.11 Å². The van der Waals surface area contributed by atoms with Crippen LogP contribution in [0.3, 0.4) is 0 Å². The van der Waals surface area contributed by atoms with Crippen molar-refractivity contribution in [2.75, 3.05) is 7.11 Å². The third-order valence-corrected chi connectivity index (χ3v) is 11.0. The zero-order valence-corrected chi connectivity index (χ0v) is 14.0. The molecule has 0 aromatic rings. The molecule has 4 nitrogen and oxygen atoms in total. The molecule has 0 aliphatic rings. The normalized spacial score (nSPS) is 13.3. The minimum atomic E-state index is -2.30. The predicted octanol–water partition coefficient (Wildman–Crippen LogP) is 3.39. The largest absolute Gasteiger partial charge is 0.478 e. The molecule has 0 spiro atoms. The molecule has 0 radical (unpaired) electrons. The monoisotopic (exact) mass is 286 g/mol. The lowest BCUT2D eigenvalue weighted by Gasteiger charge is -2.43. The number of esters is 1. The van der Waals surface area contributed by atoms with Crippen molar-refractivity contribution in [2.24, 2.45) is 0 Å². The number of carbonyl (C=O) groups excluding carboxylic acids is 1. The van der Waals surface area contributed by atoms with Gasteiger partial charge in [-0.15, -0.1) is 0 Å². The minimum Gasteiger partial charge on any atom is -0.478 e. The summed E-state index contributed by atoms with van der Waals surface area (Å²) in [6.45, 7) is 12.4. The Bertz CT molecular complexity index is 348. The van der Waals surface area contributed by atoms with Crippen molar-refractivity contribution >= 4 is 20.0 Å². The van der Waals surface area contributed by atoms with Gasteiger partial charge in [0.2, 0.25) is 0 Å². The second-order valence-electron chi connectivity index (χ2n) is 5.78. The van der Waals surface area contributed by atoms with E-state index >= 15 is 0 Å². The molecule has 0 aliphatic carbocycles. The summed E-state index contributed by atoms with van der Waals surface area (Å²) in [5.74, 6) is -1.58. The summed E-state index contributed by atoms with van der Waals surface area (Å²) < 4.78 is 4.83. The van der Waals surface area contributed by atoms with Gasteiger partial charge in [-0.25, -0.2) is 9.59 Å². The molecule has 0 amide bonds. The summed E-state index contributed by atoms with van der Waals surface area (Å²) in [5.41, 5.74) is 0.784. The molecule has 0 heterocycles. The molecule has 0 saturated heterocycles. The van der Waals surface area contributed by atoms with Crippen LogP contribution in [-0.4, -0.2) is 32.2 Å². The van der Waals surface area contributed by atoms with E-state index in [1.165, 1.54) is 7.11 Å². The summed E-state index contributed by atoms with van der Waals surface area (Å²) >= 11 is 0. The highest BCUT2D eigenvalue weighted by molar-refractivity contribution is 6.93. The van der Waals surface area contributed by atoms with Crippen molar-refractivity contribution < 1.29 is 19.4 Å². The maximum absolute atomic E-state index is 12.1. The van der Waals surface area contributed by atoms with Crippen molar-refractivity contribution in [3.8, 4) is 0 Å². The van der Waals surface area contributed by atoms with Gasteiger partial charge in [-0.1, -0.05) is 41.5 Å². The first kappa shape index (κ1) is 17.9. The van der Waals surface area contributed by atoms with Crippen LogP contribution in [0, 0.1) is 0 Å². The molecule has 5 heteroatoms. The first-order chi connectivity index (χ1) is 8.62. The standard InChI is InChI=1S/C14H26O4Si/c1-9(2)19(10(3)4,11(5)6)12(8-13(15)16)14(17)18-7/h8-11H,1-7H3,(H,15,16)/b12-8+. The number of methoxy groups -OCH3 is 1. The van der Waals surface area contributed by atoms with E-state index in [-0.39, 0.29) is 16.6 Å². The van der Waals surface area contributed by atoms with E-state index < -0.39 is 20.0 Å². The Morgan fingerprint density at radius 1 is 1.00 bits per heavy atom. The van der Waals surface area contributed by atoms with E-state index in [4.69, 9.17) is 9.84 Å². The maximum Gasteiger partial charge on any atom is 0.329 e. The maximum atomic E-state index is 12.1. The van der Waals surface area contributed by atoms with Gasteiger partial charge < -0.3 is 9.84 Å². The molecule has 0 fully saturated rings. The third-order valence-electron chi connectivity index (χ3n) is 4.01. The quantitative estimate of drug-likeness (QED) is 0.462. The van der Waals surface area contributed by atoms with Gasteiger partial charge in [-0.05, 0) is 16.6 Å². The van der Waals surface area contributed by atoms with Crippen molar-refractivity contribution in [3.05, 3.63) is 11.3 Å². The predicted molar refractivity (Wildman–Crippen MR) is 78.8 cm³/mol. The Labute approximate surface area is 116 Å². The molecule has 0 rings (SSSR count). The molecular weight excluding hydrogens is 260 g/mol. The van der Waals surface area contributed by atoms with Crippen LogP contribution in [0.25, 0.3) is 0 Å². The lowest BCUT2D eigenvalue weighted by molar-refractivity contribution is -0.136. The Kier molecular flexibility index (Phi) is 6.49. The van der Waals surface area contributed by atoms with E-state index in [9.17, 15) is 9.59 Å². The van der Waals surface area contributed by atoms with E-state index in [1.807, 2.05) is 0 Å². The molecular formula is C14H26O4Si. The van der Waals surface area contributed by atoms with Crippen LogP contribution < -0.4 is 0 Å². The van der Waals surface area contributed by atoms with Crippen LogP contribution in [-0.2, 0) is 14.3 Å². The number of carbonyl (C=O) groups is 2. The third kappa shape index (κ3) is 3.46. The Morgan fingerprint density at radius 2 is 1.37 bits per heavy atom. The van der Waals surface area contributed by atoms with Crippen LogP contribution in [0.1, 0.15) is 41.5 Å². The van der Waals surface area contributed by atoms with Crippen molar-refractivity contribution in [2.45, 2.75) is 58.2 Å². The fourth-order valence-electron chi connectivity index (χ4n) is 3.53. The number of hydrogen-bond acceptors (Lipinski definition) is 3. The van der Waals surface area contributed by atoms with E-state index in [1.54, 1.807) is 0 Å². The summed E-state index contributed by atoms with van der Waals surface area (Å²) in [6, 6.07) is 0. The lowest BCUT2D eigenvalue weighted by atomic mass is 10.4. The van der Waals surface area contributed by atoms with Crippen LogP contribution in [0.5, 0.6) is 0 Å². The Balaban J connectivity index is 6.19. The Morgan fingerprint density at radius 3 is 1.58 bits per heavy atom. The smallest absolute Gasteiger partial charge is 0.329 e. The average molecular weight is 286 g/mol. The molecule has 0 unspecified atom stereocenters. The van der Waals surface area contributed by atoms with Crippen LogP contribution >= 0.6 is 0 Å². The lowest BCUT2D eigenvalue weighted by Crippen LogP contribution is -2.49. The molecule has 0 aromatic carbocycles. The molecule has 0 atom stereocenters. The van der Waals surface area contributed by atoms with Crippen molar-refractivity contribution in [3.63, 3.8) is 0 Å². The van der Waals surface area contributed by atoms with Gasteiger partial charge in [-0.2, -0.15) is 0 Å². The van der Waals surface area contributed by atoms with Crippen molar-refractivity contribution in [1.29, 1.82) is 0 Å². The highest BCUT2D eigenvalue weighted by atomic mass is 28.3. The fourth-order valence-corrected chi connectivity index (χ4v) is 10.2. The summed E-state index contributed by atoms with van der Waals surface area (Å²) in [5, 5.41) is 9.47. The summed E-state index contributed by atoms with van der Waals surface area (Å²) in [4.78, 5) is 23.2. The second-order valence-corrected chi connectivity index (χ2v) is 11.7. The molecule has 0 aromatic heterocycles.